The van der Waals surface area contributed by atoms with E-state index in [0.717, 1.165) is 22.3 Å². The van der Waals surface area contributed by atoms with E-state index in [0.29, 0.717) is 0 Å². The highest BCUT2D eigenvalue weighted by atomic mass is 79.9. The maximum atomic E-state index is 12.4. The Balaban J connectivity index is 1.55. The van der Waals surface area contributed by atoms with Gasteiger partial charge in [0.15, 0.2) is 0 Å². The van der Waals surface area contributed by atoms with Crippen LogP contribution >= 0.6 is 27.5 Å². The summed E-state index contributed by atoms with van der Waals surface area (Å²) in [5.74, 6) is -1.27. The number of hydrogen-bond donors (Lipinski definition) is 2. The van der Waals surface area contributed by atoms with Crippen molar-refractivity contribution in [3.63, 3.8) is 0 Å². The van der Waals surface area contributed by atoms with E-state index in [4.69, 9.17) is 16.3 Å². The number of anilines is 1. The molecule has 0 atom stereocenters. The lowest BCUT2D eigenvalue weighted by atomic mass is 9.98. The number of hydrogen-bond acceptors (Lipinski definition) is 3. The van der Waals surface area contributed by atoms with Crippen molar-refractivity contribution in [1.29, 1.82) is 0 Å². The SMILES string of the molecule is O=C(Nc1c(C(=O)O)ccc(Cl)c1Br)OCC1c2ccccc2-c2ccccc21. The van der Waals surface area contributed by atoms with Gasteiger partial charge in [-0.2, -0.15) is 0 Å². The van der Waals surface area contributed by atoms with Gasteiger partial charge in [0.1, 0.15) is 6.61 Å². The van der Waals surface area contributed by atoms with Crippen molar-refractivity contribution in [3.05, 3.63) is 86.8 Å². The number of ether oxygens (including phenoxy) is 1. The summed E-state index contributed by atoms with van der Waals surface area (Å²) in [6, 6.07) is 18.8. The van der Waals surface area contributed by atoms with Gasteiger partial charge in [-0.1, -0.05) is 60.1 Å². The zero-order chi connectivity index (χ0) is 20.5. The molecule has 7 heteroatoms. The van der Waals surface area contributed by atoms with Crippen LogP contribution in [-0.4, -0.2) is 23.8 Å². The van der Waals surface area contributed by atoms with Crippen LogP contribution in [0.2, 0.25) is 5.02 Å². The summed E-state index contributed by atoms with van der Waals surface area (Å²) < 4.78 is 5.75. The van der Waals surface area contributed by atoms with Crippen LogP contribution in [0.5, 0.6) is 0 Å². The minimum absolute atomic E-state index is 0.0576. The van der Waals surface area contributed by atoms with E-state index in [2.05, 4.69) is 33.4 Å². The molecule has 0 heterocycles. The molecule has 0 fully saturated rings. The first-order valence-electron chi connectivity index (χ1n) is 8.80. The summed E-state index contributed by atoms with van der Waals surface area (Å²) >= 11 is 9.26. The lowest BCUT2D eigenvalue weighted by Gasteiger charge is -2.16. The first-order chi connectivity index (χ1) is 14.0. The number of carbonyl (C=O) groups excluding carboxylic acids is 1. The van der Waals surface area contributed by atoms with E-state index >= 15 is 0 Å². The zero-order valence-electron chi connectivity index (χ0n) is 15.0. The van der Waals surface area contributed by atoms with Crippen LogP contribution < -0.4 is 5.32 Å². The van der Waals surface area contributed by atoms with Crippen LogP contribution in [0.15, 0.2) is 65.1 Å². The molecule has 1 aliphatic rings. The van der Waals surface area contributed by atoms with Gasteiger partial charge in [-0.15, -0.1) is 0 Å². The molecule has 5 nitrogen and oxygen atoms in total. The molecule has 1 aliphatic carbocycles. The number of benzene rings is 3. The summed E-state index contributed by atoms with van der Waals surface area (Å²) in [6.45, 7) is 0.125. The number of amides is 1. The third-order valence-electron chi connectivity index (χ3n) is 4.90. The summed E-state index contributed by atoms with van der Waals surface area (Å²) in [5.41, 5.74) is 4.41. The average molecular weight is 473 g/mol. The van der Waals surface area contributed by atoms with Gasteiger partial charge >= 0.3 is 12.1 Å². The summed E-state index contributed by atoms with van der Waals surface area (Å²) in [5, 5.41) is 12.1. The van der Waals surface area contributed by atoms with Gasteiger partial charge in [-0.05, 0) is 50.3 Å². The van der Waals surface area contributed by atoms with E-state index in [1.165, 1.54) is 12.1 Å². The Kier molecular flexibility index (Phi) is 5.30. The molecule has 2 N–H and O–H groups in total. The molecule has 0 radical (unpaired) electrons. The van der Waals surface area contributed by atoms with Crippen molar-refractivity contribution in [2.45, 2.75) is 5.92 Å². The normalized spacial score (nSPS) is 12.2. The molecule has 3 aromatic rings. The van der Waals surface area contributed by atoms with E-state index in [9.17, 15) is 14.7 Å². The predicted molar refractivity (Wildman–Crippen MR) is 115 cm³/mol. The second-order valence-electron chi connectivity index (χ2n) is 6.54. The van der Waals surface area contributed by atoms with Crippen molar-refractivity contribution in [1.82, 2.24) is 0 Å². The number of carboxylic acid groups (broad SMARTS) is 1. The first kappa shape index (κ1) is 19.5. The third kappa shape index (κ3) is 3.61. The highest BCUT2D eigenvalue weighted by Gasteiger charge is 2.29. The molecular weight excluding hydrogens is 458 g/mol. The predicted octanol–water partition coefficient (Wildman–Crippen LogP) is 6.16. The maximum absolute atomic E-state index is 12.4. The van der Waals surface area contributed by atoms with Crippen molar-refractivity contribution >= 4 is 45.3 Å². The standard InChI is InChI=1S/C22H15BrClNO4/c23-19-18(24)10-9-16(21(26)27)20(19)25-22(28)29-11-17-14-7-3-1-5-12(14)13-6-2-4-8-15(13)17/h1-10,17H,11H2,(H,25,28)(H,26,27). The second kappa shape index (κ2) is 7.89. The van der Waals surface area contributed by atoms with Gasteiger partial charge < -0.3 is 9.84 Å². The van der Waals surface area contributed by atoms with Gasteiger partial charge in [-0.3, -0.25) is 5.32 Å². The van der Waals surface area contributed by atoms with Crippen LogP contribution in [0.4, 0.5) is 10.5 Å². The number of nitrogens with one attached hydrogen (secondary N) is 1. The van der Waals surface area contributed by atoms with Crippen molar-refractivity contribution in [2.24, 2.45) is 0 Å². The van der Waals surface area contributed by atoms with E-state index in [1.807, 2.05) is 36.4 Å². The Hall–Kier alpha value is -2.83. The summed E-state index contributed by atoms with van der Waals surface area (Å²) in [4.78, 5) is 23.9. The highest BCUT2D eigenvalue weighted by Crippen LogP contribution is 2.44. The second-order valence-corrected chi connectivity index (χ2v) is 7.74. The molecule has 29 heavy (non-hydrogen) atoms. The molecular formula is C22H15BrClNO4. The molecule has 0 bridgehead atoms. The molecule has 4 rings (SSSR count). The Morgan fingerprint density at radius 3 is 2.17 bits per heavy atom. The van der Waals surface area contributed by atoms with Crippen LogP contribution in [0.25, 0.3) is 11.1 Å². The molecule has 146 valence electrons. The first-order valence-corrected chi connectivity index (χ1v) is 9.97. The van der Waals surface area contributed by atoms with Gasteiger partial charge in [0.25, 0.3) is 0 Å². The average Bonchev–Trinajstić information content (AvgIpc) is 3.03. The van der Waals surface area contributed by atoms with E-state index in [-0.39, 0.29) is 33.3 Å². The fraction of sp³-hybridized carbons (Fsp3) is 0.0909. The lowest BCUT2D eigenvalue weighted by molar-refractivity contribution is 0.0698. The Bertz CT molecular complexity index is 1090. The van der Waals surface area contributed by atoms with Gasteiger partial charge in [0.05, 0.1) is 20.7 Å². The molecule has 0 unspecified atom stereocenters. The maximum Gasteiger partial charge on any atom is 0.411 e. The number of aromatic carboxylic acids is 1. The number of carbonyl (C=O) groups is 2. The Morgan fingerprint density at radius 1 is 1.00 bits per heavy atom. The lowest BCUT2D eigenvalue weighted by Crippen LogP contribution is -2.19. The molecule has 3 aromatic carbocycles. The summed E-state index contributed by atoms with van der Waals surface area (Å²) in [7, 11) is 0. The minimum Gasteiger partial charge on any atom is -0.478 e. The van der Waals surface area contributed by atoms with E-state index in [1.54, 1.807) is 0 Å². The van der Waals surface area contributed by atoms with E-state index < -0.39 is 12.1 Å². The Morgan fingerprint density at radius 2 is 1.59 bits per heavy atom. The number of halogens is 2. The fourth-order valence-electron chi connectivity index (χ4n) is 3.59. The molecule has 1 amide bonds. The van der Waals surface area contributed by atoms with Crippen molar-refractivity contribution in [2.75, 3.05) is 11.9 Å². The number of rotatable bonds is 4. The number of carboxylic acids is 1. The third-order valence-corrected chi connectivity index (χ3v) is 6.26. The summed E-state index contributed by atoms with van der Waals surface area (Å²) in [6.07, 6.45) is -0.752. The van der Waals surface area contributed by atoms with Crippen LogP contribution in [0.1, 0.15) is 27.4 Å². The Labute approximate surface area is 180 Å². The molecule has 0 aliphatic heterocycles. The minimum atomic E-state index is -1.18. The highest BCUT2D eigenvalue weighted by molar-refractivity contribution is 9.10. The van der Waals surface area contributed by atoms with Gasteiger partial charge in [-0.25, -0.2) is 9.59 Å². The van der Waals surface area contributed by atoms with Gasteiger partial charge in [0.2, 0.25) is 0 Å². The zero-order valence-corrected chi connectivity index (χ0v) is 17.3. The van der Waals surface area contributed by atoms with Crippen molar-refractivity contribution < 1.29 is 19.4 Å². The number of fused-ring (bicyclic) bond motifs is 3. The fourth-order valence-corrected chi connectivity index (χ4v) is 4.19. The van der Waals surface area contributed by atoms with Crippen LogP contribution in [-0.2, 0) is 4.74 Å². The smallest absolute Gasteiger partial charge is 0.411 e. The van der Waals surface area contributed by atoms with Gasteiger partial charge in [0, 0.05) is 5.92 Å². The largest absolute Gasteiger partial charge is 0.478 e. The quantitative estimate of drug-likeness (QED) is 0.477. The topological polar surface area (TPSA) is 75.6 Å². The molecule has 0 spiro atoms. The molecule has 0 aromatic heterocycles. The molecule has 0 saturated carbocycles. The molecule has 0 saturated heterocycles. The monoisotopic (exact) mass is 471 g/mol. The van der Waals surface area contributed by atoms with Crippen LogP contribution in [0, 0.1) is 0 Å². The van der Waals surface area contributed by atoms with Crippen LogP contribution in [0.3, 0.4) is 0 Å². The van der Waals surface area contributed by atoms with Crippen molar-refractivity contribution in [3.8, 4) is 11.1 Å².